The van der Waals surface area contributed by atoms with Crippen LogP contribution in [0.25, 0.3) is 6.08 Å². The lowest BCUT2D eigenvalue weighted by Gasteiger charge is -1.87. The monoisotopic (exact) mass is 134 g/mol. The standard InChI is InChI=1S/C8H10N2/c9-5-1-3-8-4-2-6-10-7-8/h1-4,6-7H,5,9H2. The van der Waals surface area contributed by atoms with Crippen LogP contribution in [0.4, 0.5) is 0 Å². The van der Waals surface area contributed by atoms with Crippen LogP contribution in [0.15, 0.2) is 30.6 Å². The van der Waals surface area contributed by atoms with E-state index in [-0.39, 0.29) is 0 Å². The predicted molar refractivity (Wildman–Crippen MR) is 42.3 cm³/mol. The number of pyridine rings is 1. The van der Waals surface area contributed by atoms with Crippen LogP contribution >= 0.6 is 0 Å². The Balaban J connectivity index is 2.67. The summed E-state index contributed by atoms with van der Waals surface area (Å²) in [5.41, 5.74) is 6.36. The van der Waals surface area contributed by atoms with Crippen molar-refractivity contribution in [3.05, 3.63) is 36.2 Å². The number of hydrogen-bond donors (Lipinski definition) is 1. The molecule has 52 valence electrons. The van der Waals surface area contributed by atoms with Gasteiger partial charge >= 0.3 is 0 Å². The van der Waals surface area contributed by atoms with E-state index in [4.69, 9.17) is 5.73 Å². The summed E-state index contributed by atoms with van der Waals surface area (Å²) in [6, 6.07) is 3.88. The molecule has 0 aliphatic heterocycles. The summed E-state index contributed by atoms with van der Waals surface area (Å²) in [4.78, 5) is 3.95. The maximum atomic E-state index is 5.27. The Morgan fingerprint density at radius 1 is 1.60 bits per heavy atom. The van der Waals surface area contributed by atoms with Gasteiger partial charge in [0.15, 0.2) is 0 Å². The highest BCUT2D eigenvalue weighted by Crippen LogP contribution is 1.96. The minimum absolute atomic E-state index is 0.578. The highest BCUT2D eigenvalue weighted by Gasteiger charge is 1.80. The van der Waals surface area contributed by atoms with E-state index >= 15 is 0 Å². The third-order valence-electron chi connectivity index (χ3n) is 1.13. The Labute approximate surface area is 60.4 Å². The molecule has 2 heteroatoms. The van der Waals surface area contributed by atoms with E-state index in [9.17, 15) is 0 Å². The second kappa shape index (κ2) is 3.80. The molecule has 10 heavy (non-hydrogen) atoms. The molecule has 0 aromatic carbocycles. The van der Waals surface area contributed by atoms with Gasteiger partial charge in [0.05, 0.1) is 0 Å². The largest absolute Gasteiger partial charge is 0.327 e. The highest BCUT2D eigenvalue weighted by molar-refractivity contribution is 5.47. The summed E-state index contributed by atoms with van der Waals surface area (Å²) in [6.07, 6.45) is 7.40. The van der Waals surface area contributed by atoms with Gasteiger partial charge in [-0.25, -0.2) is 0 Å². The molecular weight excluding hydrogens is 124 g/mol. The zero-order valence-corrected chi connectivity index (χ0v) is 5.70. The van der Waals surface area contributed by atoms with E-state index in [0.717, 1.165) is 5.56 Å². The number of aromatic nitrogens is 1. The molecule has 0 radical (unpaired) electrons. The van der Waals surface area contributed by atoms with Gasteiger partial charge in [-0.15, -0.1) is 0 Å². The third kappa shape index (κ3) is 1.99. The van der Waals surface area contributed by atoms with Crippen LogP contribution in [0.3, 0.4) is 0 Å². The van der Waals surface area contributed by atoms with Crippen LogP contribution in [0.1, 0.15) is 5.56 Å². The SMILES string of the molecule is NCC=Cc1cccnc1. The van der Waals surface area contributed by atoms with Crippen molar-refractivity contribution in [2.24, 2.45) is 5.73 Å². The smallest absolute Gasteiger partial charge is 0.0340 e. The Bertz CT molecular complexity index is 204. The Kier molecular flexibility index (Phi) is 2.64. The minimum Gasteiger partial charge on any atom is -0.327 e. The fourth-order valence-electron chi connectivity index (χ4n) is 0.679. The first-order valence-electron chi connectivity index (χ1n) is 3.20. The molecule has 0 aliphatic carbocycles. The van der Waals surface area contributed by atoms with E-state index in [0.29, 0.717) is 6.54 Å². The molecule has 0 amide bonds. The van der Waals surface area contributed by atoms with Crippen molar-refractivity contribution in [3.8, 4) is 0 Å². The summed E-state index contributed by atoms with van der Waals surface area (Å²) >= 11 is 0. The summed E-state index contributed by atoms with van der Waals surface area (Å²) in [6.45, 7) is 0.578. The molecule has 2 nitrogen and oxygen atoms in total. The van der Waals surface area contributed by atoms with Crippen molar-refractivity contribution < 1.29 is 0 Å². The zero-order valence-electron chi connectivity index (χ0n) is 5.70. The lowest BCUT2D eigenvalue weighted by atomic mass is 10.3. The second-order valence-corrected chi connectivity index (χ2v) is 1.92. The average molecular weight is 134 g/mol. The summed E-state index contributed by atoms with van der Waals surface area (Å²) in [7, 11) is 0. The first-order valence-corrected chi connectivity index (χ1v) is 3.20. The van der Waals surface area contributed by atoms with Gasteiger partial charge in [0.2, 0.25) is 0 Å². The zero-order chi connectivity index (χ0) is 7.23. The van der Waals surface area contributed by atoms with Gasteiger partial charge in [-0.3, -0.25) is 4.98 Å². The molecular formula is C8H10N2. The predicted octanol–water partition coefficient (Wildman–Crippen LogP) is 1.05. The molecule has 0 saturated heterocycles. The van der Waals surface area contributed by atoms with E-state index in [1.807, 2.05) is 24.3 Å². The van der Waals surface area contributed by atoms with Crippen LogP contribution < -0.4 is 5.73 Å². The molecule has 1 rings (SSSR count). The van der Waals surface area contributed by atoms with Gasteiger partial charge in [-0.2, -0.15) is 0 Å². The third-order valence-corrected chi connectivity index (χ3v) is 1.13. The number of hydrogen-bond acceptors (Lipinski definition) is 2. The molecule has 0 fully saturated rings. The Morgan fingerprint density at radius 3 is 3.10 bits per heavy atom. The van der Waals surface area contributed by atoms with E-state index < -0.39 is 0 Å². The Morgan fingerprint density at radius 2 is 2.50 bits per heavy atom. The van der Waals surface area contributed by atoms with Gasteiger partial charge in [-0.05, 0) is 11.6 Å². The lowest BCUT2D eigenvalue weighted by molar-refractivity contribution is 1.26. The highest BCUT2D eigenvalue weighted by atomic mass is 14.6. The summed E-state index contributed by atoms with van der Waals surface area (Å²) in [5.74, 6) is 0. The van der Waals surface area contributed by atoms with Crippen LogP contribution in [0.5, 0.6) is 0 Å². The lowest BCUT2D eigenvalue weighted by Crippen LogP contribution is -1.91. The van der Waals surface area contributed by atoms with Crippen LogP contribution in [0, 0.1) is 0 Å². The fourth-order valence-corrected chi connectivity index (χ4v) is 0.679. The van der Waals surface area contributed by atoms with Crippen molar-refractivity contribution >= 4 is 6.08 Å². The van der Waals surface area contributed by atoms with Crippen LogP contribution in [-0.2, 0) is 0 Å². The molecule has 0 aliphatic rings. The molecule has 0 atom stereocenters. The van der Waals surface area contributed by atoms with Crippen molar-refractivity contribution in [2.45, 2.75) is 0 Å². The van der Waals surface area contributed by atoms with Gasteiger partial charge in [0.1, 0.15) is 0 Å². The number of nitrogens with zero attached hydrogens (tertiary/aromatic N) is 1. The second-order valence-electron chi connectivity index (χ2n) is 1.92. The Hall–Kier alpha value is -1.15. The molecule has 0 bridgehead atoms. The van der Waals surface area contributed by atoms with Gasteiger partial charge in [0, 0.05) is 18.9 Å². The maximum absolute atomic E-state index is 5.27. The van der Waals surface area contributed by atoms with Crippen LogP contribution in [0.2, 0.25) is 0 Å². The molecule has 0 unspecified atom stereocenters. The van der Waals surface area contributed by atoms with Crippen molar-refractivity contribution in [1.29, 1.82) is 0 Å². The number of rotatable bonds is 2. The van der Waals surface area contributed by atoms with Crippen molar-refractivity contribution in [3.63, 3.8) is 0 Å². The summed E-state index contributed by atoms with van der Waals surface area (Å²) < 4.78 is 0. The fraction of sp³-hybridized carbons (Fsp3) is 0.125. The van der Waals surface area contributed by atoms with Gasteiger partial charge in [-0.1, -0.05) is 18.2 Å². The van der Waals surface area contributed by atoms with Crippen LogP contribution in [-0.4, -0.2) is 11.5 Å². The number of nitrogens with two attached hydrogens (primary N) is 1. The maximum Gasteiger partial charge on any atom is 0.0340 e. The van der Waals surface area contributed by atoms with Gasteiger partial charge in [0.25, 0.3) is 0 Å². The van der Waals surface area contributed by atoms with Crippen molar-refractivity contribution in [1.82, 2.24) is 4.98 Å². The van der Waals surface area contributed by atoms with E-state index in [2.05, 4.69) is 4.98 Å². The molecule has 1 aromatic rings. The summed E-state index contributed by atoms with van der Waals surface area (Å²) in [5, 5.41) is 0. The van der Waals surface area contributed by atoms with E-state index in [1.165, 1.54) is 0 Å². The van der Waals surface area contributed by atoms with E-state index in [1.54, 1.807) is 12.4 Å². The molecule has 1 heterocycles. The first kappa shape index (κ1) is 6.96. The molecule has 0 spiro atoms. The topological polar surface area (TPSA) is 38.9 Å². The normalized spacial score (nSPS) is 10.5. The first-order chi connectivity index (χ1) is 4.93. The van der Waals surface area contributed by atoms with Crippen molar-refractivity contribution in [2.75, 3.05) is 6.54 Å². The minimum atomic E-state index is 0.578. The average Bonchev–Trinajstić information content (AvgIpc) is 2.03. The molecule has 0 saturated carbocycles. The quantitative estimate of drug-likeness (QED) is 0.656. The molecule has 2 N–H and O–H groups in total. The van der Waals surface area contributed by atoms with Gasteiger partial charge < -0.3 is 5.73 Å². The molecule has 1 aromatic heterocycles.